The van der Waals surface area contributed by atoms with Crippen LogP contribution in [0.25, 0.3) is 16.9 Å². The lowest BCUT2D eigenvalue weighted by Crippen LogP contribution is -2.24. The second kappa shape index (κ2) is 12.2. The Morgan fingerprint density at radius 2 is 1.93 bits per heavy atom. The van der Waals surface area contributed by atoms with Crippen LogP contribution in [0.2, 0.25) is 0 Å². The molecule has 0 saturated carbocycles. The number of nitrogens with zero attached hydrogens (tertiary/aromatic N) is 5. The Labute approximate surface area is 256 Å². The molecule has 230 valence electrons. The van der Waals surface area contributed by atoms with E-state index in [-0.39, 0.29) is 30.3 Å². The van der Waals surface area contributed by atoms with Crippen molar-refractivity contribution in [2.75, 3.05) is 38.2 Å². The van der Waals surface area contributed by atoms with Gasteiger partial charge in [0.05, 0.1) is 35.1 Å². The predicted octanol–water partition coefficient (Wildman–Crippen LogP) is 4.41. The van der Waals surface area contributed by atoms with Gasteiger partial charge in [-0.25, -0.2) is 18.1 Å². The highest BCUT2D eigenvalue weighted by molar-refractivity contribution is 7.92. The number of hydrogen-bond acceptors (Lipinski definition) is 8. The van der Waals surface area contributed by atoms with Crippen molar-refractivity contribution >= 4 is 21.5 Å². The zero-order valence-electron chi connectivity index (χ0n) is 24.8. The fourth-order valence-electron chi connectivity index (χ4n) is 6.03. The SMILES string of the molecule is COCCN1C[C@@H](CC(=O)Cc2c(C)c(-c3ccc4c(c3)CS(=O)(=O)N4C)nn2-c2ccccc2)[C@H](c2ccnc(F)c2)O1. The molecule has 0 bridgehead atoms. The maximum absolute atomic E-state index is 14.0. The van der Waals surface area contributed by atoms with Gasteiger partial charge in [0.15, 0.2) is 0 Å². The van der Waals surface area contributed by atoms with Crippen molar-refractivity contribution in [2.24, 2.45) is 5.92 Å². The topological polar surface area (TPSA) is 107 Å². The molecule has 4 aromatic rings. The number of carbonyl (C=O) groups excluding carboxylic acids is 1. The molecule has 2 atom stereocenters. The third-order valence-corrected chi connectivity index (χ3v) is 10.0. The van der Waals surface area contributed by atoms with Crippen molar-refractivity contribution in [3.63, 3.8) is 0 Å². The number of ether oxygens (including phenoxy) is 1. The molecule has 0 spiro atoms. The lowest BCUT2D eigenvalue weighted by Gasteiger charge is -2.17. The third-order valence-electron chi connectivity index (χ3n) is 8.30. The van der Waals surface area contributed by atoms with Gasteiger partial charge in [-0.1, -0.05) is 24.3 Å². The Hall–Kier alpha value is -3.97. The Kier molecular flexibility index (Phi) is 8.34. The highest BCUT2D eigenvalue weighted by atomic mass is 32.2. The van der Waals surface area contributed by atoms with Gasteiger partial charge in [-0.05, 0) is 60.0 Å². The molecule has 0 amide bonds. The summed E-state index contributed by atoms with van der Waals surface area (Å²) in [6.45, 7) is 3.42. The van der Waals surface area contributed by atoms with Crippen LogP contribution in [0.15, 0.2) is 66.9 Å². The van der Waals surface area contributed by atoms with Crippen LogP contribution in [0.1, 0.15) is 34.9 Å². The number of rotatable bonds is 10. The average Bonchev–Trinajstić information content (AvgIpc) is 3.63. The van der Waals surface area contributed by atoms with Gasteiger partial charge >= 0.3 is 0 Å². The number of Topliss-reactive ketones (excluding diaryl/α,β-unsaturated/α-hetero) is 1. The lowest BCUT2D eigenvalue weighted by atomic mass is 9.90. The van der Waals surface area contributed by atoms with Gasteiger partial charge in [0.2, 0.25) is 16.0 Å². The van der Waals surface area contributed by atoms with E-state index >= 15 is 0 Å². The van der Waals surface area contributed by atoms with Gasteiger partial charge in [0.25, 0.3) is 0 Å². The van der Waals surface area contributed by atoms with E-state index in [0.29, 0.717) is 42.2 Å². The maximum Gasteiger partial charge on any atom is 0.239 e. The molecule has 2 aromatic carbocycles. The Balaban J connectivity index is 1.30. The minimum absolute atomic E-state index is 0.000113. The summed E-state index contributed by atoms with van der Waals surface area (Å²) in [6.07, 6.45) is 1.25. The number of carbonyl (C=O) groups is 1. The second-order valence-corrected chi connectivity index (χ2v) is 13.2. The molecule has 6 rings (SSSR count). The first-order chi connectivity index (χ1) is 21.1. The van der Waals surface area contributed by atoms with E-state index in [1.54, 1.807) is 36.0 Å². The molecule has 2 aliphatic heterocycles. The molecule has 0 aliphatic carbocycles. The molecule has 10 nitrogen and oxygen atoms in total. The first kappa shape index (κ1) is 30.1. The van der Waals surface area contributed by atoms with Crippen LogP contribution >= 0.6 is 0 Å². The van der Waals surface area contributed by atoms with E-state index in [1.807, 2.05) is 49.4 Å². The second-order valence-electron chi connectivity index (χ2n) is 11.2. The van der Waals surface area contributed by atoms with Crippen LogP contribution in [0.4, 0.5) is 10.1 Å². The number of ketones is 1. The van der Waals surface area contributed by atoms with Crippen molar-refractivity contribution in [3.05, 3.63) is 95.2 Å². The minimum Gasteiger partial charge on any atom is -0.383 e. The van der Waals surface area contributed by atoms with Gasteiger partial charge < -0.3 is 4.74 Å². The number of benzene rings is 2. The summed E-state index contributed by atoms with van der Waals surface area (Å²) in [5.41, 5.74) is 5.89. The van der Waals surface area contributed by atoms with Crippen LogP contribution in [-0.4, -0.2) is 67.9 Å². The molecule has 0 unspecified atom stereocenters. The Bertz CT molecular complexity index is 1800. The Morgan fingerprint density at radius 3 is 2.68 bits per heavy atom. The molecule has 12 heteroatoms. The summed E-state index contributed by atoms with van der Waals surface area (Å²) in [7, 11) is -0.214. The van der Waals surface area contributed by atoms with Crippen LogP contribution in [-0.2, 0) is 36.6 Å². The first-order valence-corrected chi connectivity index (χ1v) is 16.0. The van der Waals surface area contributed by atoms with Gasteiger partial charge in [0.1, 0.15) is 11.9 Å². The summed E-state index contributed by atoms with van der Waals surface area (Å²) in [6, 6.07) is 18.2. The quantitative estimate of drug-likeness (QED) is 0.240. The van der Waals surface area contributed by atoms with Crippen LogP contribution in [0.5, 0.6) is 0 Å². The standard InChI is InChI=1S/C32H34FN5O5S/c1-21-29(18-27(39)16-24-19-37(13-14-42-3)43-32(24)23-11-12-34-30(33)17-23)38(26-7-5-4-6-8-26)35-31(21)22-9-10-28-25(15-22)20-44(40,41)36(28)2/h4-12,15,17,24,32H,13-14,16,18-20H2,1-3H3/t24-,32+/m1/s1. The van der Waals surface area contributed by atoms with E-state index in [4.69, 9.17) is 14.7 Å². The molecule has 4 heterocycles. The summed E-state index contributed by atoms with van der Waals surface area (Å²) in [5, 5.41) is 6.71. The van der Waals surface area contributed by atoms with E-state index in [0.717, 1.165) is 22.5 Å². The molecule has 0 N–H and O–H groups in total. The number of hydroxylamine groups is 2. The van der Waals surface area contributed by atoms with Crippen molar-refractivity contribution in [1.82, 2.24) is 19.8 Å². The smallest absolute Gasteiger partial charge is 0.239 e. The fraction of sp³-hybridized carbons (Fsp3) is 0.344. The summed E-state index contributed by atoms with van der Waals surface area (Å²) < 4.78 is 47.3. The van der Waals surface area contributed by atoms with Gasteiger partial charge in [0, 0.05) is 57.8 Å². The number of sulfonamides is 1. The van der Waals surface area contributed by atoms with Crippen molar-refractivity contribution < 1.29 is 27.2 Å². The number of methoxy groups -OCH3 is 1. The number of hydrogen-bond donors (Lipinski definition) is 0. The van der Waals surface area contributed by atoms with Crippen molar-refractivity contribution in [1.29, 1.82) is 0 Å². The molecule has 0 radical (unpaired) electrons. The number of halogens is 1. The predicted molar refractivity (Wildman–Crippen MR) is 163 cm³/mol. The largest absolute Gasteiger partial charge is 0.383 e. The van der Waals surface area contributed by atoms with Gasteiger partial charge in [-0.2, -0.15) is 14.6 Å². The number of aromatic nitrogens is 3. The monoisotopic (exact) mass is 619 g/mol. The molecular formula is C32H34FN5O5S. The van der Waals surface area contributed by atoms with Crippen LogP contribution in [0, 0.1) is 18.8 Å². The van der Waals surface area contributed by atoms with Crippen molar-refractivity contribution in [3.8, 4) is 16.9 Å². The molecule has 2 aromatic heterocycles. The summed E-state index contributed by atoms with van der Waals surface area (Å²) >= 11 is 0. The molecular weight excluding hydrogens is 585 g/mol. The minimum atomic E-state index is -3.38. The van der Waals surface area contributed by atoms with Gasteiger partial charge in [-0.15, -0.1) is 0 Å². The van der Waals surface area contributed by atoms with E-state index in [2.05, 4.69) is 4.98 Å². The highest BCUT2D eigenvalue weighted by Crippen LogP contribution is 2.38. The van der Waals surface area contributed by atoms with E-state index in [9.17, 15) is 17.6 Å². The Morgan fingerprint density at radius 1 is 1.14 bits per heavy atom. The highest BCUT2D eigenvalue weighted by Gasteiger charge is 2.37. The molecule has 1 saturated heterocycles. The van der Waals surface area contributed by atoms with Crippen molar-refractivity contribution in [2.45, 2.75) is 31.6 Å². The maximum atomic E-state index is 14.0. The zero-order valence-corrected chi connectivity index (χ0v) is 25.6. The third kappa shape index (κ3) is 5.90. The fourth-order valence-corrected chi connectivity index (χ4v) is 7.32. The average molecular weight is 620 g/mol. The number of anilines is 1. The molecule has 44 heavy (non-hydrogen) atoms. The number of pyridine rings is 1. The van der Waals surface area contributed by atoms with Gasteiger partial charge in [-0.3, -0.25) is 13.9 Å². The van der Waals surface area contributed by atoms with Crippen LogP contribution in [0.3, 0.4) is 0 Å². The van der Waals surface area contributed by atoms with E-state index in [1.165, 1.54) is 16.6 Å². The number of para-hydroxylation sites is 1. The lowest BCUT2D eigenvalue weighted by molar-refractivity contribution is -0.155. The summed E-state index contributed by atoms with van der Waals surface area (Å²) in [5.74, 6) is -0.869. The molecule has 1 fully saturated rings. The summed E-state index contributed by atoms with van der Waals surface area (Å²) in [4.78, 5) is 23.6. The zero-order chi connectivity index (χ0) is 31.0. The van der Waals surface area contributed by atoms with Crippen LogP contribution < -0.4 is 4.31 Å². The first-order valence-electron chi connectivity index (χ1n) is 14.4. The van der Waals surface area contributed by atoms with E-state index < -0.39 is 22.1 Å². The normalized spacial score (nSPS) is 19.4. The molecule has 2 aliphatic rings. The number of fused-ring (bicyclic) bond motifs is 1.